The molecule has 88 valence electrons. The van der Waals surface area contributed by atoms with Crippen LogP contribution >= 0.6 is 0 Å². The standard InChI is InChI=1S/C14H20O2/c1-4-6-13(16-5-2)14(15)12-9-7-11(3)8-10-12/h7-10,13H,4-6H2,1-3H3. The molecule has 0 fully saturated rings. The van der Waals surface area contributed by atoms with Crippen molar-refractivity contribution in [1.29, 1.82) is 0 Å². The predicted molar refractivity (Wildman–Crippen MR) is 65.8 cm³/mol. The Morgan fingerprint density at radius 3 is 2.38 bits per heavy atom. The Morgan fingerprint density at radius 2 is 1.88 bits per heavy atom. The van der Waals surface area contributed by atoms with Gasteiger partial charge in [0.25, 0.3) is 0 Å². The number of ether oxygens (including phenoxy) is 1. The number of rotatable bonds is 6. The van der Waals surface area contributed by atoms with Crippen LogP contribution < -0.4 is 0 Å². The lowest BCUT2D eigenvalue weighted by Crippen LogP contribution is -2.24. The van der Waals surface area contributed by atoms with E-state index in [1.54, 1.807) is 0 Å². The molecule has 0 heterocycles. The molecule has 2 nitrogen and oxygen atoms in total. The van der Waals surface area contributed by atoms with E-state index in [2.05, 4.69) is 6.92 Å². The summed E-state index contributed by atoms with van der Waals surface area (Å²) in [5.74, 6) is 0.101. The maximum atomic E-state index is 12.1. The average molecular weight is 220 g/mol. The summed E-state index contributed by atoms with van der Waals surface area (Å²) < 4.78 is 5.48. The van der Waals surface area contributed by atoms with E-state index in [9.17, 15) is 4.79 Å². The molecule has 0 saturated carbocycles. The van der Waals surface area contributed by atoms with Crippen molar-refractivity contribution in [3.63, 3.8) is 0 Å². The van der Waals surface area contributed by atoms with Crippen molar-refractivity contribution < 1.29 is 9.53 Å². The highest BCUT2D eigenvalue weighted by Crippen LogP contribution is 2.12. The van der Waals surface area contributed by atoms with Gasteiger partial charge >= 0.3 is 0 Å². The molecule has 16 heavy (non-hydrogen) atoms. The normalized spacial score (nSPS) is 12.4. The van der Waals surface area contributed by atoms with Crippen LogP contribution in [-0.2, 0) is 4.74 Å². The van der Waals surface area contributed by atoms with E-state index in [0.717, 1.165) is 18.4 Å². The molecule has 1 rings (SSSR count). The molecule has 2 heteroatoms. The Balaban J connectivity index is 2.77. The molecule has 0 aliphatic heterocycles. The van der Waals surface area contributed by atoms with Gasteiger partial charge in [-0.05, 0) is 20.3 Å². The van der Waals surface area contributed by atoms with Gasteiger partial charge in [0, 0.05) is 12.2 Å². The Morgan fingerprint density at radius 1 is 1.25 bits per heavy atom. The Kier molecular flexibility index (Phi) is 5.20. The zero-order valence-electron chi connectivity index (χ0n) is 10.3. The molecule has 0 radical (unpaired) electrons. The van der Waals surface area contributed by atoms with Crippen molar-refractivity contribution >= 4 is 5.78 Å². The van der Waals surface area contributed by atoms with Crippen LogP contribution in [0.3, 0.4) is 0 Å². The van der Waals surface area contributed by atoms with E-state index in [0.29, 0.717) is 6.61 Å². The fraction of sp³-hybridized carbons (Fsp3) is 0.500. The van der Waals surface area contributed by atoms with E-state index in [4.69, 9.17) is 4.74 Å². The molecular weight excluding hydrogens is 200 g/mol. The molecule has 1 aromatic carbocycles. The van der Waals surface area contributed by atoms with Crippen LogP contribution in [0.25, 0.3) is 0 Å². The molecule has 0 saturated heterocycles. The summed E-state index contributed by atoms with van der Waals surface area (Å²) in [6, 6.07) is 7.67. The summed E-state index contributed by atoms with van der Waals surface area (Å²) in [6.07, 6.45) is 1.47. The smallest absolute Gasteiger partial charge is 0.191 e. The second kappa shape index (κ2) is 6.44. The van der Waals surface area contributed by atoms with Crippen molar-refractivity contribution in [2.75, 3.05) is 6.61 Å². The lowest BCUT2D eigenvalue weighted by Gasteiger charge is -2.14. The molecule has 1 atom stereocenters. The summed E-state index contributed by atoms with van der Waals surface area (Å²) in [7, 11) is 0. The van der Waals surface area contributed by atoms with Crippen LogP contribution in [-0.4, -0.2) is 18.5 Å². The van der Waals surface area contributed by atoms with E-state index in [1.165, 1.54) is 5.56 Å². The third kappa shape index (κ3) is 3.46. The number of benzene rings is 1. The monoisotopic (exact) mass is 220 g/mol. The molecule has 1 unspecified atom stereocenters. The number of aryl methyl sites for hydroxylation is 1. The highest BCUT2D eigenvalue weighted by Gasteiger charge is 2.18. The third-order valence-electron chi connectivity index (χ3n) is 2.55. The Bertz CT molecular complexity index is 321. The molecule has 0 N–H and O–H groups in total. The third-order valence-corrected chi connectivity index (χ3v) is 2.55. The SMILES string of the molecule is CCCC(OCC)C(=O)c1ccc(C)cc1. The van der Waals surface area contributed by atoms with Crippen LogP contribution in [0.15, 0.2) is 24.3 Å². The number of hydrogen-bond acceptors (Lipinski definition) is 2. The summed E-state index contributed by atoms with van der Waals surface area (Å²) in [5, 5.41) is 0. The number of hydrogen-bond donors (Lipinski definition) is 0. The number of carbonyl (C=O) groups is 1. The van der Waals surface area contributed by atoms with Crippen LogP contribution in [0, 0.1) is 6.92 Å². The first-order chi connectivity index (χ1) is 7.69. The second-order valence-electron chi connectivity index (χ2n) is 3.96. The highest BCUT2D eigenvalue weighted by molar-refractivity contribution is 5.99. The quantitative estimate of drug-likeness (QED) is 0.687. The van der Waals surface area contributed by atoms with E-state index >= 15 is 0 Å². The van der Waals surface area contributed by atoms with Crippen LogP contribution in [0.1, 0.15) is 42.6 Å². The van der Waals surface area contributed by atoms with Gasteiger partial charge in [0.15, 0.2) is 5.78 Å². The topological polar surface area (TPSA) is 26.3 Å². The predicted octanol–water partition coefficient (Wildman–Crippen LogP) is 3.38. The average Bonchev–Trinajstić information content (AvgIpc) is 2.29. The van der Waals surface area contributed by atoms with Gasteiger partial charge in [-0.1, -0.05) is 43.2 Å². The molecule has 0 spiro atoms. The first-order valence-electron chi connectivity index (χ1n) is 5.91. The fourth-order valence-electron chi connectivity index (χ4n) is 1.66. The summed E-state index contributed by atoms with van der Waals surface area (Å²) in [5.41, 5.74) is 1.91. The summed E-state index contributed by atoms with van der Waals surface area (Å²) in [4.78, 5) is 12.1. The fourth-order valence-corrected chi connectivity index (χ4v) is 1.66. The van der Waals surface area contributed by atoms with Crippen LogP contribution in [0.2, 0.25) is 0 Å². The molecular formula is C14H20O2. The summed E-state index contributed by atoms with van der Waals surface area (Å²) in [6.45, 7) is 6.59. The number of carbonyl (C=O) groups excluding carboxylic acids is 1. The largest absolute Gasteiger partial charge is 0.370 e. The van der Waals surface area contributed by atoms with Crippen molar-refractivity contribution in [1.82, 2.24) is 0 Å². The second-order valence-corrected chi connectivity index (χ2v) is 3.96. The first-order valence-corrected chi connectivity index (χ1v) is 5.91. The van der Waals surface area contributed by atoms with Gasteiger partial charge in [0.05, 0.1) is 0 Å². The van der Waals surface area contributed by atoms with E-state index in [1.807, 2.05) is 38.1 Å². The van der Waals surface area contributed by atoms with Gasteiger partial charge in [0.1, 0.15) is 6.10 Å². The van der Waals surface area contributed by atoms with Gasteiger partial charge in [0.2, 0.25) is 0 Å². The minimum absolute atomic E-state index is 0.101. The molecule has 0 aromatic heterocycles. The van der Waals surface area contributed by atoms with Gasteiger partial charge in [-0.2, -0.15) is 0 Å². The maximum Gasteiger partial charge on any atom is 0.191 e. The van der Waals surface area contributed by atoms with Gasteiger partial charge in [-0.25, -0.2) is 0 Å². The van der Waals surface area contributed by atoms with E-state index in [-0.39, 0.29) is 11.9 Å². The zero-order valence-corrected chi connectivity index (χ0v) is 10.3. The molecule has 0 bridgehead atoms. The maximum absolute atomic E-state index is 12.1. The van der Waals surface area contributed by atoms with Gasteiger partial charge in [-0.15, -0.1) is 0 Å². The lowest BCUT2D eigenvalue weighted by molar-refractivity contribution is 0.0423. The first kappa shape index (κ1) is 12.9. The van der Waals surface area contributed by atoms with Crippen LogP contribution in [0.4, 0.5) is 0 Å². The number of ketones is 1. The minimum Gasteiger partial charge on any atom is -0.370 e. The minimum atomic E-state index is -0.280. The molecule has 0 aliphatic rings. The van der Waals surface area contributed by atoms with Crippen molar-refractivity contribution in [3.05, 3.63) is 35.4 Å². The summed E-state index contributed by atoms with van der Waals surface area (Å²) >= 11 is 0. The lowest BCUT2D eigenvalue weighted by atomic mass is 10.0. The Hall–Kier alpha value is -1.15. The van der Waals surface area contributed by atoms with E-state index < -0.39 is 0 Å². The highest BCUT2D eigenvalue weighted by atomic mass is 16.5. The Labute approximate surface area is 97.6 Å². The number of Topliss-reactive ketones (excluding diaryl/α,β-unsaturated/α-hetero) is 1. The molecule has 0 amide bonds. The van der Waals surface area contributed by atoms with Crippen molar-refractivity contribution in [3.8, 4) is 0 Å². The van der Waals surface area contributed by atoms with Crippen molar-refractivity contribution in [2.45, 2.75) is 39.7 Å². The van der Waals surface area contributed by atoms with Gasteiger partial charge < -0.3 is 4.74 Å². The van der Waals surface area contributed by atoms with Crippen LogP contribution in [0.5, 0.6) is 0 Å². The van der Waals surface area contributed by atoms with Crippen molar-refractivity contribution in [2.24, 2.45) is 0 Å². The van der Waals surface area contributed by atoms with Gasteiger partial charge in [-0.3, -0.25) is 4.79 Å². The molecule has 0 aliphatic carbocycles. The molecule has 1 aromatic rings. The zero-order chi connectivity index (χ0) is 12.0.